The van der Waals surface area contributed by atoms with Crippen molar-refractivity contribution in [1.29, 1.82) is 0 Å². The van der Waals surface area contributed by atoms with Gasteiger partial charge in [-0.25, -0.2) is 14.2 Å². The third-order valence-corrected chi connectivity index (χ3v) is 6.98. The number of hydrogen-bond donors (Lipinski definition) is 2. The van der Waals surface area contributed by atoms with Gasteiger partial charge in [0.15, 0.2) is 0 Å². The van der Waals surface area contributed by atoms with Gasteiger partial charge in [0.1, 0.15) is 11.4 Å². The van der Waals surface area contributed by atoms with E-state index in [1.165, 1.54) is 22.3 Å². The standard InChI is InChI=1S/C29H34N2O5/c1-27(2,3)36-26(35)31-22-11-9-18(25(33)34)14-19(22)16-23(31)30-24(32)17-8-10-20-21(15-17)29(6,7)13-12-28(20,4)5/h8-11,14-16H,12-13H2,1-7H3,(H,30,32)(H,33,34). The number of anilines is 1. The van der Waals surface area contributed by atoms with E-state index in [4.69, 9.17) is 4.74 Å². The molecule has 36 heavy (non-hydrogen) atoms. The lowest BCUT2D eigenvalue weighted by atomic mass is 9.63. The summed E-state index contributed by atoms with van der Waals surface area (Å²) in [4.78, 5) is 38.0. The minimum Gasteiger partial charge on any atom is -0.478 e. The van der Waals surface area contributed by atoms with Crippen LogP contribution >= 0.6 is 0 Å². The van der Waals surface area contributed by atoms with Gasteiger partial charge >= 0.3 is 12.1 Å². The molecule has 190 valence electrons. The SMILES string of the molecule is CC(C)(C)OC(=O)n1c(NC(=O)c2ccc3c(c2)C(C)(C)CCC3(C)C)cc2cc(C(=O)O)ccc21. The number of aromatic nitrogens is 1. The van der Waals surface area contributed by atoms with Gasteiger partial charge in [0, 0.05) is 10.9 Å². The number of ether oxygens (including phenoxy) is 1. The van der Waals surface area contributed by atoms with Gasteiger partial charge in [-0.15, -0.1) is 0 Å². The van der Waals surface area contributed by atoms with Gasteiger partial charge in [-0.1, -0.05) is 33.8 Å². The number of aromatic carboxylic acids is 1. The van der Waals surface area contributed by atoms with E-state index < -0.39 is 17.7 Å². The van der Waals surface area contributed by atoms with Gasteiger partial charge in [-0.3, -0.25) is 4.79 Å². The van der Waals surface area contributed by atoms with Crippen molar-refractivity contribution < 1.29 is 24.2 Å². The molecule has 0 unspecified atom stereocenters. The van der Waals surface area contributed by atoms with Crippen LogP contribution in [-0.2, 0) is 15.6 Å². The van der Waals surface area contributed by atoms with Crippen molar-refractivity contribution in [2.45, 2.75) is 77.7 Å². The maximum Gasteiger partial charge on any atom is 0.420 e. The molecule has 0 saturated carbocycles. The summed E-state index contributed by atoms with van der Waals surface area (Å²) >= 11 is 0. The minimum absolute atomic E-state index is 0.0326. The molecule has 0 spiro atoms. The first kappa shape index (κ1) is 25.5. The van der Waals surface area contributed by atoms with Crippen LogP contribution in [0.15, 0.2) is 42.5 Å². The number of benzene rings is 2. The summed E-state index contributed by atoms with van der Waals surface area (Å²) in [5.41, 5.74) is 2.65. The van der Waals surface area contributed by atoms with E-state index in [-0.39, 0.29) is 28.1 Å². The van der Waals surface area contributed by atoms with E-state index in [9.17, 15) is 19.5 Å². The molecular formula is C29H34N2O5. The summed E-state index contributed by atoms with van der Waals surface area (Å²) in [6, 6.07) is 11.8. The highest BCUT2D eigenvalue weighted by atomic mass is 16.6. The normalized spacial score (nSPS) is 16.3. The maximum atomic E-state index is 13.4. The smallest absolute Gasteiger partial charge is 0.420 e. The zero-order valence-corrected chi connectivity index (χ0v) is 22.0. The molecule has 0 radical (unpaired) electrons. The minimum atomic E-state index is -1.08. The largest absolute Gasteiger partial charge is 0.478 e. The van der Waals surface area contributed by atoms with Gasteiger partial charge in [-0.2, -0.15) is 0 Å². The zero-order valence-electron chi connectivity index (χ0n) is 22.0. The number of fused-ring (bicyclic) bond motifs is 2. The van der Waals surface area contributed by atoms with Crippen molar-refractivity contribution in [1.82, 2.24) is 4.57 Å². The molecule has 0 fully saturated rings. The molecular weight excluding hydrogens is 456 g/mol. The van der Waals surface area contributed by atoms with E-state index in [1.54, 1.807) is 32.9 Å². The molecule has 0 bridgehead atoms. The summed E-state index contributed by atoms with van der Waals surface area (Å²) in [5.74, 6) is -1.22. The van der Waals surface area contributed by atoms with E-state index in [0.717, 1.165) is 18.4 Å². The Hall–Kier alpha value is -3.61. The summed E-state index contributed by atoms with van der Waals surface area (Å²) in [6.45, 7) is 14.1. The first-order chi connectivity index (χ1) is 16.6. The van der Waals surface area contributed by atoms with Crippen LogP contribution in [0.2, 0.25) is 0 Å². The molecule has 7 heteroatoms. The summed E-state index contributed by atoms with van der Waals surface area (Å²) in [7, 11) is 0. The Morgan fingerprint density at radius 3 is 2.11 bits per heavy atom. The predicted molar refractivity (Wildman–Crippen MR) is 140 cm³/mol. The predicted octanol–water partition coefficient (Wildman–Crippen LogP) is 6.72. The lowest BCUT2D eigenvalue weighted by Gasteiger charge is -2.42. The number of amides is 1. The van der Waals surface area contributed by atoms with Crippen LogP contribution in [0.3, 0.4) is 0 Å². The molecule has 1 aliphatic rings. The third-order valence-electron chi connectivity index (χ3n) is 6.98. The van der Waals surface area contributed by atoms with E-state index in [2.05, 4.69) is 33.0 Å². The van der Waals surface area contributed by atoms with Gasteiger partial charge in [0.25, 0.3) is 5.91 Å². The average molecular weight is 491 g/mol. The number of carboxylic acids is 1. The van der Waals surface area contributed by atoms with Crippen LogP contribution in [0.4, 0.5) is 10.6 Å². The van der Waals surface area contributed by atoms with Gasteiger partial charge in [0.05, 0.1) is 11.1 Å². The summed E-state index contributed by atoms with van der Waals surface area (Å²) in [6.07, 6.45) is 1.44. The van der Waals surface area contributed by atoms with Gasteiger partial charge < -0.3 is 15.2 Å². The number of carbonyl (C=O) groups excluding carboxylic acids is 2. The second-order valence-electron chi connectivity index (χ2n) is 11.9. The first-order valence-electron chi connectivity index (χ1n) is 12.2. The van der Waals surface area contributed by atoms with Crippen molar-refractivity contribution in [2.24, 2.45) is 0 Å². The molecule has 2 aromatic carbocycles. The highest BCUT2D eigenvalue weighted by molar-refractivity contribution is 6.08. The maximum absolute atomic E-state index is 13.4. The highest BCUT2D eigenvalue weighted by Crippen LogP contribution is 2.46. The Kier molecular flexibility index (Phi) is 6.02. The van der Waals surface area contributed by atoms with Crippen LogP contribution in [-0.4, -0.2) is 33.2 Å². The Labute approximate surface area is 211 Å². The number of rotatable bonds is 3. The molecule has 2 N–H and O–H groups in total. The van der Waals surface area contributed by atoms with Crippen LogP contribution in [0, 0.1) is 0 Å². The topological polar surface area (TPSA) is 97.6 Å². The molecule has 0 atom stereocenters. The van der Waals surface area contributed by atoms with Crippen molar-refractivity contribution in [3.8, 4) is 0 Å². The Morgan fingerprint density at radius 1 is 0.889 bits per heavy atom. The molecule has 3 aromatic rings. The molecule has 1 amide bonds. The average Bonchev–Trinajstić information content (AvgIpc) is 3.12. The van der Waals surface area contributed by atoms with E-state index >= 15 is 0 Å². The molecule has 1 heterocycles. The quantitative estimate of drug-likeness (QED) is 0.424. The third kappa shape index (κ3) is 4.74. The fraction of sp³-hybridized carbons (Fsp3) is 0.414. The Morgan fingerprint density at radius 2 is 1.50 bits per heavy atom. The van der Waals surface area contributed by atoms with Gasteiger partial charge in [0.2, 0.25) is 0 Å². The van der Waals surface area contributed by atoms with Crippen LogP contribution < -0.4 is 5.32 Å². The summed E-state index contributed by atoms with van der Waals surface area (Å²) in [5, 5.41) is 12.8. The number of carbonyl (C=O) groups is 3. The fourth-order valence-electron chi connectivity index (χ4n) is 4.86. The van der Waals surface area contributed by atoms with Crippen LogP contribution in [0.1, 0.15) is 93.2 Å². The first-order valence-corrected chi connectivity index (χ1v) is 12.2. The van der Waals surface area contributed by atoms with E-state index in [1.807, 2.05) is 18.2 Å². The monoisotopic (exact) mass is 490 g/mol. The summed E-state index contributed by atoms with van der Waals surface area (Å²) < 4.78 is 6.85. The molecule has 4 rings (SSSR count). The molecule has 7 nitrogen and oxygen atoms in total. The molecule has 0 aliphatic heterocycles. The van der Waals surface area contributed by atoms with Crippen molar-refractivity contribution >= 4 is 34.7 Å². The lowest BCUT2D eigenvalue weighted by Crippen LogP contribution is -2.34. The van der Waals surface area contributed by atoms with Crippen molar-refractivity contribution in [3.05, 3.63) is 64.7 Å². The molecule has 1 aliphatic carbocycles. The second-order valence-corrected chi connectivity index (χ2v) is 11.9. The lowest BCUT2D eigenvalue weighted by molar-refractivity contribution is 0.0547. The zero-order chi connectivity index (χ0) is 26.6. The molecule has 0 saturated heterocycles. The van der Waals surface area contributed by atoms with Crippen molar-refractivity contribution in [2.75, 3.05) is 5.32 Å². The van der Waals surface area contributed by atoms with E-state index in [0.29, 0.717) is 16.5 Å². The number of nitrogens with one attached hydrogen (secondary N) is 1. The van der Waals surface area contributed by atoms with Crippen LogP contribution in [0.5, 0.6) is 0 Å². The van der Waals surface area contributed by atoms with Gasteiger partial charge in [-0.05, 0) is 92.0 Å². The number of carboxylic acid groups (broad SMARTS) is 1. The van der Waals surface area contributed by atoms with Crippen molar-refractivity contribution in [3.63, 3.8) is 0 Å². The fourth-order valence-corrected chi connectivity index (χ4v) is 4.86. The Balaban J connectivity index is 1.76. The van der Waals surface area contributed by atoms with Crippen LogP contribution in [0.25, 0.3) is 10.9 Å². The number of nitrogens with zero attached hydrogens (tertiary/aromatic N) is 1. The second kappa shape index (κ2) is 8.50. The highest BCUT2D eigenvalue weighted by Gasteiger charge is 2.37. The Bertz CT molecular complexity index is 1390. The number of hydrogen-bond acceptors (Lipinski definition) is 4. The molecule has 1 aromatic heterocycles.